The first kappa shape index (κ1) is 25.5. The van der Waals surface area contributed by atoms with E-state index in [0.29, 0.717) is 12.0 Å². The Morgan fingerprint density at radius 2 is 1.82 bits per heavy atom. The maximum Gasteiger partial charge on any atom is 0.328 e. The molecule has 194 valence electrons. The van der Waals surface area contributed by atoms with E-state index in [1.165, 1.54) is 45.1 Å². The van der Waals surface area contributed by atoms with Crippen molar-refractivity contribution in [2.24, 2.45) is 13.0 Å². The number of aryl methyl sites for hydroxylation is 1. The number of benzene rings is 3. The fourth-order valence-corrected chi connectivity index (χ4v) is 5.64. The first-order chi connectivity index (χ1) is 18.3. The number of aromatic nitrogens is 2. The molecular weight excluding hydrogens is 470 g/mol. The molecule has 1 aliphatic rings. The molecule has 3 aromatic carbocycles. The molecule has 2 N–H and O–H groups in total. The number of aliphatic carboxylic acids is 1. The number of carboxylic acid groups (broad SMARTS) is 1. The number of nitrogens with one attached hydrogen (secondary N) is 1. The van der Waals surface area contributed by atoms with Crippen molar-refractivity contribution in [3.8, 4) is 11.1 Å². The van der Waals surface area contributed by atoms with Gasteiger partial charge in [0.25, 0.3) is 0 Å². The van der Waals surface area contributed by atoms with Gasteiger partial charge in [0, 0.05) is 17.8 Å². The maximum absolute atomic E-state index is 11.0. The second-order valence-electron chi connectivity index (χ2n) is 10.8. The molecule has 0 bridgehead atoms. The minimum Gasteiger partial charge on any atom is -0.478 e. The monoisotopic (exact) mass is 506 g/mol. The van der Waals surface area contributed by atoms with E-state index >= 15 is 0 Å². The quantitative estimate of drug-likeness (QED) is 0.227. The minimum absolute atomic E-state index is 0.0542. The predicted octanol–water partition coefficient (Wildman–Crippen LogP) is 6.34. The van der Waals surface area contributed by atoms with Crippen molar-refractivity contribution in [2.45, 2.75) is 45.7 Å². The Balaban J connectivity index is 1.57. The standard InChI is InChI=1S/C33H35N3O2/c1-22(2)17-25-7-13-30(14-8-25)36-23(3)18-28-19-27(29-20-34-35(4)21-29)12-15-31(28)33(36)26-10-5-24(6-11-26)9-16-32(37)38/h5-16,19-23,33H,17-18H2,1-4H3,(H,37,38)/p+1/b16-9+. The fraction of sp³-hybridized carbons (Fsp3) is 0.273. The summed E-state index contributed by atoms with van der Waals surface area (Å²) in [5.74, 6) is -0.317. The summed E-state index contributed by atoms with van der Waals surface area (Å²) in [7, 11) is 2.00. The highest BCUT2D eigenvalue weighted by Crippen LogP contribution is 2.42. The molecule has 4 aromatic rings. The average molecular weight is 507 g/mol. The van der Waals surface area contributed by atoms with Crippen molar-refractivity contribution >= 4 is 17.7 Å². The average Bonchev–Trinajstić information content (AvgIpc) is 3.33. The van der Waals surface area contributed by atoms with E-state index in [2.05, 4.69) is 91.6 Å². The van der Waals surface area contributed by atoms with Crippen LogP contribution in [0.15, 0.2) is 85.2 Å². The number of carbonyl (C=O) groups is 1. The molecule has 0 saturated carbocycles. The molecule has 0 fully saturated rings. The van der Waals surface area contributed by atoms with Crippen molar-refractivity contribution < 1.29 is 14.6 Å². The number of hydrogen-bond acceptors (Lipinski definition) is 2. The molecule has 0 spiro atoms. The molecule has 2 unspecified atom stereocenters. The lowest BCUT2D eigenvalue weighted by molar-refractivity contribution is -0.726. The second-order valence-corrected chi connectivity index (χ2v) is 10.8. The molecule has 2 atom stereocenters. The third-order valence-electron chi connectivity index (χ3n) is 7.34. The van der Waals surface area contributed by atoms with Crippen molar-refractivity contribution in [3.05, 3.63) is 113 Å². The van der Waals surface area contributed by atoms with Gasteiger partial charge >= 0.3 is 5.97 Å². The first-order valence-electron chi connectivity index (χ1n) is 13.3. The van der Waals surface area contributed by atoms with Crippen molar-refractivity contribution in [3.63, 3.8) is 0 Å². The first-order valence-corrected chi connectivity index (χ1v) is 13.3. The summed E-state index contributed by atoms with van der Waals surface area (Å²) in [5.41, 5.74) is 9.72. The van der Waals surface area contributed by atoms with Crippen LogP contribution in [-0.2, 0) is 24.7 Å². The van der Waals surface area contributed by atoms with Gasteiger partial charge in [-0.25, -0.2) is 4.79 Å². The van der Waals surface area contributed by atoms with Gasteiger partial charge in [0.05, 0.1) is 17.8 Å². The van der Waals surface area contributed by atoms with Crippen LogP contribution in [0.2, 0.25) is 0 Å². The molecule has 1 aromatic heterocycles. The Hall–Kier alpha value is -4.12. The number of anilines is 1. The van der Waals surface area contributed by atoms with Gasteiger partial charge in [-0.1, -0.05) is 68.4 Å². The van der Waals surface area contributed by atoms with E-state index < -0.39 is 5.97 Å². The summed E-state index contributed by atoms with van der Waals surface area (Å²) < 4.78 is 1.96. The molecule has 0 radical (unpaired) electrons. The summed E-state index contributed by atoms with van der Waals surface area (Å²) >= 11 is 0. The summed E-state index contributed by atoms with van der Waals surface area (Å²) in [6.45, 7) is 6.82. The number of aromatic amines is 1. The summed E-state index contributed by atoms with van der Waals surface area (Å²) in [6.07, 6.45) is 9.01. The van der Waals surface area contributed by atoms with Crippen LogP contribution < -0.4 is 9.58 Å². The Labute approximate surface area is 225 Å². The SMILES string of the molecule is CC(C)Cc1ccc(N2C(C)Cc3cc(-c4c[nH][n+](C)c4)ccc3C2c2ccc(/C=C/C(=O)O)cc2)cc1. The largest absolute Gasteiger partial charge is 0.478 e. The van der Waals surface area contributed by atoms with Crippen LogP contribution >= 0.6 is 0 Å². The molecule has 2 heterocycles. The molecule has 5 heteroatoms. The van der Waals surface area contributed by atoms with Crippen LogP contribution in [0.3, 0.4) is 0 Å². The highest BCUT2D eigenvalue weighted by atomic mass is 16.4. The lowest BCUT2D eigenvalue weighted by atomic mass is 9.83. The number of rotatable bonds is 7. The summed E-state index contributed by atoms with van der Waals surface area (Å²) in [6, 6.07) is 24.5. The van der Waals surface area contributed by atoms with Crippen LogP contribution in [0.4, 0.5) is 5.69 Å². The van der Waals surface area contributed by atoms with E-state index in [9.17, 15) is 4.79 Å². The smallest absolute Gasteiger partial charge is 0.328 e. The molecule has 0 aliphatic carbocycles. The highest BCUT2D eigenvalue weighted by Gasteiger charge is 2.33. The highest BCUT2D eigenvalue weighted by molar-refractivity contribution is 5.85. The lowest BCUT2D eigenvalue weighted by Gasteiger charge is -2.44. The summed E-state index contributed by atoms with van der Waals surface area (Å²) in [5, 5.41) is 12.2. The molecule has 1 aliphatic heterocycles. The van der Waals surface area contributed by atoms with Gasteiger partial charge < -0.3 is 10.0 Å². The Kier molecular flexibility index (Phi) is 7.19. The number of fused-ring (bicyclic) bond motifs is 1. The third-order valence-corrected chi connectivity index (χ3v) is 7.34. The normalized spacial score (nSPS) is 17.2. The van der Waals surface area contributed by atoms with Crippen LogP contribution in [0.25, 0.3) is 17.2 Å². The van der Waals surface area contributed by atoms with Crippen molar-refractivity contribution in [2.75, 3.05) is 4.90 Å². The van der Waals surface area contributed by atoms with Crippen molar-refractivity contribution in [1.29, 1.82) is 0 Å². The van der Waals surface area contributed by atoms with E-state index in [-0.39, 0.29) is 6.04 Å². The van der Waals surface area contributed by atoms with Gasteiger partial charge in [0.15, 0.2) is 7.05 Å². The van der Waals surface area contributed by atoms with E-state index in [1.54, 1.807) is 6.08 Å². The van der Waals surface area contributed by atoms with Gasteiger partial charge in [-0.3, -0.25) is 0 Å². The number of carboxylic acids is 1. The van der Waals surface area contributed by atoms with Crippen LogP contribution in [-0.4, -0.2) is 22.2 Å². The zero-order valence-corrected chi connectivity index (χ0v) is 22.6. The Morgan fingerprint density at radius 1 is 1.08 bits per heavy atom. The molecular formula is C33H36N3O2+. The van der Waals surface area contributed by atoms with Crippen LogP contribution in [0.5, 0.6) is 0 Å². The minimum atomic E-state index is -0.942. The van der Waals surface area contributed by atoms with Gasteiger partial charge in [-0.15, -0.1) is 4.68 Å². The molecule has 5 rings (SSSR count). The molecule has 0 amide bonds. The van der Waals surface area contributed by atoms with Crippen LogP contribution in [0, 0.1) is 5.92 Å². The van der Waals surface area contributed by atoms with Crippen molar-refractivity contribution in [1.82, 2.24) is 5.10 Å². The Morgan fingerprint density at radius 3 is 2.45 bits per heavy atom. The lowest BCUT2D eigenvalue weighted by Crippen LogP contribution is -2.42. The Bertz CT molecular complexity index is 1450. The number of H-pyrrole nitrogens is 1. The van der Waals surface area contributed by atoms with E-state index in [0.717, 1.165) is 18.4 Å². The molecule has 38 heavy (non-hydrogen) atoms. The summed E-state index contributed by atoms with van der Waals surface area (Å²) in [4.78, 5) is 13.5. The topological polar surface area (TPSA) is 60.2 Å². The van der Waals surface area contributed by atoms with E-state index in [1.807, 2.05) is 30.1 Å². The zero-order chi connectivity index (χ0) is 26.8. The second kappa shape index (κ2) is 10.7. The molecule has 0 saturated heterocycles. The zero-order valence-electron chi connectivity index (χ0n) is 22.6. The van der Waals surface area contributed by atoms with Crippen LogP contribution in [0.1, 0.15) is 54.6 Å². The van der Waals surface area contributed by atoms with Gasteiger partial charge in [0.2, 0.25) is 6.20 Å². The third kappa shape index (κ3) is 5.42. The predicted molar refractivity (Wildman–Crippen MR) is 153 cm³/mol. The van der Waals surface area contributed by atoms with Gasteiger partial charge in [-0.05, 0) is 77.3 Å². The molecule has 5 nitrogen and oxygen atoms in total. The van der Waals surface area contributed by atoms with Gasteiger partial charge in [-0.2, -0.15) is 5.10 Å². The maximum atomic E-state index is 11.0. The number of nitrogens with zero attached hydrogens (tertiary/aromatic N) is 2. The number of hydrogen-bond donors (Lipinski definition) is 2. The van der Waals surface area contributed by atoms with E-state index in [4.69, 9.17) is 5.11 Å². The van der Waals surface area contributed by atoms with Gasteiger partial charge in [0.1, 0.15) is 0 Å². The fourth-order valence-electron chi connectivity index (χ4n) is 5.64.